The van der Waals surface area contributed by atoms with Crippen molar-refractivity contribution in [2.75, 3.05) is 25.7 Å². The third-order valence-electron chi connectivity index (χ3n) is 4.99. The van der Waals surface area contributed by atoms with E-state index in [4.69, 9.17) is 21.1 Å². The second-order valence-electron chi connectivity index (χ2n) is 8.48. The number of pyridine rings is 2. The molecule has 1 aromatic carbocycles. The van der Waals surface area contributed by atoms with Crippen LogP contribution in [0.4, 0.5) is 0 Å². The summed E-state index contributed by atoms with van der Waals surface area (Å²) in [5, 5.41) is 0.358. The van der Waals surface area contributed by atoms with E-state index in [1.807, 2.05) is 26.8 Å². The van der Waals surface area contributed by atoms with Crippen LogP contribution in [0.5, 0.6) is 11.8 Å². The summed E-state index contributed by atoms with van der Waals surface area (Å²) in [6, 6.07) is 8.59. The van der Waals surface area contributed by atoms with Crippen LogP contribution < -0.4 is 9.47 Å². The standard InChI is InChI=1S/C25H27ClN2O5S/c1-15(2)13-33-24-21(26)11-18(12-28-24)19-7-6-17(22(29)14-34(5,30)31)10-20(19)23-16(3)8-9-27-25(23)32-4/h6-12,15H,13-14H2,1-5H3. The van der Waals surface area contributed by atoms with Gasteiger partial charge in [-0.1, -0.05) is 37.6 Å². The van der Waals surface area contributed by atoms with Crippen LogP contribution in [-0.2, 0) is 9.84 Å². The number of methoxy groups -OCH3 is 1. The Labute approximate surface area is 205 Å². The minimum Gasteiger partial charge on any atom is -0.481 e. The fraction of sp³-hybridized carbons (Fsp3) is 0.320. The predicted molar refractivity (Wildman–Crippen MR) is 134 cm³/mol. The summed E-state index contributed by atoms with van der Waals surface area (Å²) in [6.45, 7) is 6.46. The molecule has 9 heteroatoms. The molecule has 0 saturated heterocycles. The molecule has 0 aliphatic rings. The van der Waals surface area contributed by atoms with E-state index in [9.17, 15) is 13.2 Å². The maximum atomic E-state index is 12.7. The van der Waals surface area contributed by atoms with Gasteiger partial charge in [0.15, 0.2) is 15.6 Å². The van der Waals surface area contributed by atoms with Gasteiger partial charge in [0.1, 0.15) is 10.8 Å². The summed E-state index contributed by atoms with van der Waals surface area (Å²) in [5.74, 6) is -0.0308. The summed E-state index contributed by atoms with van der Waals surface area (Å²) in [6.07, 6.45) is 4.32. The van der Waals surface area contributed by atoms with Crippen molar-refractivity contribution in [3.8, 4) is 34.0 Å². The smallest absolute Gasteiger partial charge is 0.232 e. The van der Waals surface area contributed by atoms with E-state index in [0.717, 1.165) is 17.4 Å². The highest BCUT2D eigenvalue weighted by atomic mass is 35.5. The molecule has 0 unspecified atom stereocenters. The molecule has 2 heterocycles. The first-order valence-corrected chi connectivity index (χ1v) is 13.1. The first-order valence-electron chi connectivity index (χ1n) is 10.6. The maximum Gasteiger partial charge on any atom is 0.232 e. The summed E-state index contributed by atoms with van der Waals surface area (Å²) >= 11 is 6.46. The Hall–Kier alpha value is -2.97. The van der Waals surface area contributed by atoms with Crippen LogP contribution in [-0.4, -0.2) is 49.9 Å². The highest BCUT2D eigenvalue weighted by molar-refractivity contribution is 7.91. The molecule has 180 valence electrons. The Morgan fingerprint density at radius 3 is 2.44 bits per heavy atom. The lowest BCUT2D eigenvalue weighted by Gasteiger charge is -2.17. The number of nitrogens with zero attached hydrogens (tertiary/aromatic N) is 2. The van der Waals surface area contributed by atoms with Crippen molar-refractivity contribution in [1.82, 2.24) is 9.97 Å². The number of hydrogen-bond acceptors (Lipinski definition) is 7. The van der Waals surface area contributed by atoms with Gasteiger partial charge in [-0.05, 0) is 47.7 Å². The number of Topliss-reactive ketones (excluding diaryl/α,β-unsaturated/α-hetero) is 1. The quantitative estimate of drug-likeness (QED) is 0.378. The van der Waals surface area contributed by atoms with E-state index < -0.39 is 21.4 Å². The van der Waals surface area contributed by atoms with Crippen LogP contribution in [0, 0.1) is 12.8 Å². The molecule has 0 amide bonds. The van der Waals surface area contributed by atoms with Gasteiger partial charge in [0.2, 0.25) is 11.8 Å². The molecule has 0 atom stereocenters. The molecule has 0 saturated carbocycles. The summed E-state index contributed by atoms with van der Waals surface area (Å²) in [7, 11) is -1.97. The van der Waals surface area contributed by atoms with Crippen LogP contribution in [0.2, 0.25) is 5.02 Å². The van der Waals surface area contributed by atoms with Crippen molar-refractivity contribution in [3.05, 3.63) is 58.9 Å². The van der Waals surface area contributed by atoms with Gasteiger partial charge < -0.3 is 9.47 Å². The minimum absolute atomic E-state index is 0.269. The van der Waals surface area contributed by atoms with Gasteiger partial charge >= 0.3 is 0 Å². The second-order valence-corrected chi connectivity index (χ2v) is 11.0. The van der Waals surface area contributed by atoms with Gasteiger partial charge in [-0.3, -0.25) is 4.79 Å². The number of carbonyl (C=O) groups excluding carboxylic acids is 1. The molecule has 0 aliphatic carbocycles. The Bertz CT molecular complexity index is 1320. The normalized spacial score (nSPS) is 11.5. The minimum atomic E-state index is -3.48. The van der Waals surface area contributed by atoms with E-state index in [2.05, 4.69) is 9.97 Å². The number of ketones is 1. The van der Waals surface area contributed by atoms with Gasteiger partial charge in [-0.15, -0.1) is 0 Å². The maximum absolute atomic E-state index is 12.7. The van der Waals surface area contributed by atoms with Crippen molar-refractivity contribution in [2.45, 2.75) is 20.8 Å². The van der Waals surface area contributed by atoms with Crippen LogP contribution in [0.3, 0.4) is 0 Å². The van der Waals surface area contributed by atoms with Gasteiger partial charge in [0.05, 0.1) is 13.7 Å². The Balaban J connectivity index is 2.18. The van der Waals surface area contributed by atoms with E-state index in [-0.39, 0.29) is 5.56 Å². The monoisotopic (exact) mass is 502 g/mol. The largest absolute Gasteiger partial charge is 0.481 e. The molecule has 34 heavy (non-hydrogen) atoms. The molecule has 0 bridgehead atoms. The van der Waals surface area contributed by atoms with Crippen molar-refractivity contribution in [2.24, 2.45) is 5.92 Å². The highest BCUT2D eigenvalue weighted by Crippen LogP contribution is 2.40. The second kappa shape index (κ2) is 10.5. The molecule has 0 spiro atoms. The summed E-state index contributed by atoms with van der Waals surface area (Å²) in [4.78, 5) is 21.4. The van der Waals surface area contributed by atoms with Crippen LogP contribution in [0.1, 0.15) is 29.8 Å². The molecule has 0 N–H and O–H groups in total. The van der Waals surface area contributed by atoms with E-state index in [1.54, 1.807) is 36.7 Å². The molecule has 3 rings (SSSR count). The lowest BCUT2D eigenvalue weighted by molar-refractivity contribution is 0.102. The average Bonchev–Trinajstić information content (AvgIpc) is 2.76. The summed E-state index contributed by atoms with van der Waals surface area (Å²) < 4.78 is 34.6. The van der Waals surface area contributed by atoms with Crippen molar-refractivity contribution < 1.29 is 22.7 Å². The Morgan fingerprint density at radius 2 is 1.82 bits per heavy atom. The predicted octanol–water partition coefficient (Wildman–Crippen LogP) is 5.04. The average molecular weight is 503 g/mol. The van der Waals surface area contributed by atoms with Crippen molar-refractivity contribution in [3.63, 3.8) is 0 Å². The zero-order valence-electron chi connectivity index (χ0n) is 19.8. The molecule has 0 fully saturated rings. The lowest BCUT2D eigenvalue weighted by atomic mass is 9.91. The van der Waals surface area contributed by atoms with Crippen LogP contribution >= 0.6 is 11.6 Å². The number of carbonyl (C=O) groups is 1. The van der Waals surface area contributed by atoms with Crippen molar-refractivity contribution >= 4 is 27.2 Å². The number of hydrogen-bond donors (Lipinski definition) is 0. The number of halogens is 1. The number of aromatic nitrogens is 2. The zero-order valence-corrected chi connectivity index (χ0v) is 21.3. The molecular formula is C25H27ClN2O5S. The van der Waals surface area contributed by atoms with Crippen LogP contribution in [0.15, 0.2) is 42.7 Å². The fourth-order valence-electron chi connectivity index (χ4n) is 3.44. The number of ether oxygens (including phenoxy) is 2. The van der Waals surface area contributed by atoms with Gasteiger partial charge in [0.25, 0.3) is 0 Å². The molecule has 7 nitrogen and oxygen atoms in total. The first-order chi connectivity index (χ1) is 16.0. The topological polar surface area (TPSA) is 95.5 Å². The number of sulfone groups is 1. The fourth-order valence-corrected chi connectivity index (χ4v) is 4.30. The van der Waals surface area contributed by atoms with Gasteiger partial charge in [-0.25, -0.2) is 18.4 Å². The summed E-state index contributed by atoms with van der Waals surface area (Å²) in [5.41, 5.74) is 3.90. The Kier molecular flexibility index (Phi) is 7.94. The third kappa shape index (κ3) is 6.12. The molecule has 2 aromatic heterocycles. The SMILES string of the molecule is COc1nccc(C)c1-c1cc(C(=O)CS(C)(=O)=O)ccc1-c1cnc(OCC(C)C)c(Cl)c1. The molecule has 3 aromatic rings. The van der Waals surface area contributed by atoms with E-state index in [1.165, 1.54) is 7.11 Å². The highest BCUT2D eigenvalue weighted by Gasteiger charge is 2.20. The molecule has 0 aliphatic heterocycles. The molecular weight excluding hydrogens is 476 g/mol. The van der Waals surface area contributed by atoms with Gasteiger partial charge in [-0.2, -0.15) is 0 Å². The van der Waals surface area contributed by atoms with E-state index in [0.29, 0.717) is 46.0 Å². The first kappa shape index (κ1) is 25.6. The lowest BCUT2D eigenvalue weighted by Crippen LogP contribution is -2.14. The molecule has 0 radical (unpaired) electrons. The third-order valence-corrected chi connectivity index (χ3v) is 6.05. The number of benzene rings is 1. The zero-order chi connectivity index (χ0) is 25.0. The van der Waals surface area contributed by atoms with Gasteiger partial charge in [0, 0.05) is 35.3 Å². The Morgan fingerprint density at radius 1 is 1.09 bits per heavy atom. The van der Waals surface area contributed by atoms with E-state index >= 15 is 0 Å². The van der Waals surface area contributed by atoms with Crippen molar-refractivity contribution in [1.29, 1.82) is 0 Å². The number of rotatable bonds is 9. The van der Waals surface area contributed by atoms with Crippen LogP contribution in [0.25, 0.3) is 22.3 Å². The number of aryl methyl sites for hydroxylation is 1.